The summed E-state index contributed by atoms with van der Waals surface area (Å²) in [5.74, 6) is 1.14. The van der Waals surface area contributed by atoms with E-state index in [1.807, 2.05) is 0 Å². The van der Waals surface area contributed by atoms with Gasteiger partial charge in [0, 0.05) is 13.0 Å². The van der Waals surface area contributed by atoms with Crippen LogP contribution in [0.5, 0.6) is 0 Å². The first kappa shape index (κ1) is 16.1. The Labute approximate surface area is 114 Å². The highest BCUT2D eigenvalue weighted by Gasteiger charge is 2.10. The number of hydrogen-bond acceptors (Lipinski definition) is 6. The summed E-state index contributed by atoms with van der Waals surface area (Å²) in [7, 11) is -3.21. The van der Waals surface area contributed by atoms with Crippen molar-refractivity contribution in [3.8, 4) is 0 Å². The van der Waals surface area contributed by atoms with Crippen molar-refractivity contribution in [1.29, 1.82) is 0 Å². The molecule has 110 valence electrons. The highest BCUT2D eigenvalue weighted by Crippen LogP contribution is 1.97. The van der Waals surface area contributed by atoms with Gasteiger partial charge in [0.05, 0.1) is 5.75 Å². The van der Waals surface area contributed by atoms with Crippen molar-refractivity contribution in [3.05, 3.63) is 11.7 Å². The fourth-order valence-electron chi connectivity index (χ4n) is 1.52. The molecule has 0 aliphatic rings. The maximum Gasteiger partial charge on any atom is 0.227 e. The predicted octanol–water partition coefficient (Wildman–Crippen LogP) is 0.230. The van der Waals surface area contributed by atoms with Gasteiger partial charge in [0.1, 0.15) is 0 Å². The largest absolute Gasteiger partial charge is 0.339 e. The van der Waals surface area contributed by atoms with Crippen LogP contribution in [0, 0.1) is 6.92 Å². The molecule has 1 rings (SSSR count). The third kappa shape index (κ3) is 7.24. The monoisotopic (exact) mass is 290 g/mol. The van der Waals surface area contributed by atoms with Gasteiger partial charge in [-0.05, 0) is 32.9 Å². The van der Waals surface area contributed by atoms with Crippen LogP contribution in [0.25, 0.3) is 0 Å². The SMILES string of the molecule is CCCNCCCS(=O)(=O)NCCc1nc(C)no1. The Bertz CT molecular complexity index is 458. The molecule has 0 fully saturated rings. The number of nitrogens with zero attached hydrogens (tertiary/aromatic N) is 2. The van der Waals surface area contributed by atoms with E-state index < -0.39 is 10.0 Å². The summed E-state index contributed by atoms with van der Waals surface area (Å²) in [5, 5.41) is 6.81. The predicted molar refractivity (Wildman–Crippen MR) is 72.3 cm³/mol. The molecule has 0 amide bonds. The molecule has 0 bridgehead atoms. The highest BCUT2D eigenvalue weighted by atomic mass is 32.2. The molecule has 2 N–H and O–H groups in total. The molecule has 0 unspecified atom stereocenters. The minimum absolute atomic E-state index is 0.132. The van der Waals surface area contributed by atoms with E-state index in [1.54, 1.807) is 6.92 Å². The van der Waals surface area contributed by atoms with Crippen LogP contribution in [-0.2, 0) is 16.4 Å². The third-order valence-corrected chi connectivity index (χ3v) is 3.89. The Hall–Kier alpha value is -0.990. The van der Waals surface area contributed by atoms with Gasteiger partial charge in [-0.3, -0.25) is 0 Å². The van der Waals surface area contributed by atoms with Crippen molar-refractivity contribution >= 4 is 10.0 Å². The summed E-state index contributed by atoms with van der Waals surface area (Å²) < 4.78 is 30.7. The fraction of sp³-hybridized carbons (Fsp3) is 0.818. The average molecular weight is 290 g/mol. The lowest BCUT2D eigenvalue weighted by Crippen LogP contribution is -2.30. The molecule has 1 heterocycles. The van der Waals surface area contributed by atoms with Crippen LogP contribution in [0.1, 0.15) is 31.5 Å². The third-order valence-electron chi connectivity index (χ3n) is 2.42. The Morgan fingerprint density at radius 1 is 1.26 bits per heavy atom. The van der Waals surface area contributed by atoms with Gasteiger partial charge in [-0.2, -0.15) is 4.98 Å². The zero-order valence-electron chi connectivity index (χ0n) is 11.5. The van der Waals surface area contributed by atoms with Gasteiger partial charge >= 0.3 is 0 Å². The Morgan fingerprint density at radius 3 is 2.68 bits per heavy atom. The molecule has 0 radical (unpaired) electrons. The molecule has 1 aromatic heterocycles. The standard InChI is InChI=1S/C11H22N4O3S/c1-3-6-12-7-4-9-19(16,17)13-8-5-11-14-10(2)15-18-11/h12-13H,3-9H2,1-2H3. The van der Waals surface area contributed by atoms with Gasteiger partial charge in [-0.15, -0.1) is 0 Å². The summed E-state index contributed by atoms with van der Waals surface area (Å²) in [6.07, 6.45) is 2.07. The maximum absolute atomic E-state index is 11.7. The molecule has 0 spiro atoms. The normalized spacial score (nSPS) is 11.9. The number of nitrogens with one attached hydrogen (secondary N) is 2. The summed E-state index contributed by atoms with van der Waals surface area (Å²) >= 11 is 0. The highest BCUT2D eigenvalue weighted by molar-refractivity contribution is 7.89. The van der Waals surface area contributed by atoms with Gasteiger partial charge in [0.2, 0.25) is 15.9 Å². The van der Waals surface area contributed by atoms with E-state index in [0.717, 1.165) is 19.5 Å². The van der Waals surface area contributed by atoms with Gasteiger partial charge in [-0.1, -0.05) is 12.1 Å². The summed E-state index contributed by atoms with van der Waals surface area (Å²) in [6, 6.07) is 0. The van der Waals surface area contributed by atoms with Crippen LogP contribution in [0.15, 0.2) is 4.52 Å². The number of sulfonamides is 1. The van der Waals surface area contributed by atoms with Crippen molar-refractivity contribution in [2.45, 2.75) is 33.1 Å². The molecule has 0 aliphatic carbocycles. The second-order valence-corrected chi connectivity index (χ2v) is 6.23. The van der Waals surface area contributed by atoms with Crippen LogP contribution in [0.2, 0.25) is 0 Å². The second kappa shape index (κ2) is 8.23. The van der Waals surface area contributed by atoms with Crippen molar-refractivity contribution < 1.29 is 12.9 Å². The van der Waals surface area contributed by atoms with Gasteiger partial charge < -0.3 is 9.84 Å². The van der Waals surface area contributed by atoms with E-state index in [1.165, 1.54) is 0 Å². The average Bonchev–Trinajstić information content (AvgIpc) is 2.74. The Morgan fingerprint density at radius 2 is 2.05 bits per heavy atom. The lowest BCUT2D eigenvalue weighted by molar-refractivity contribution is 0.375. The Kier molecular flexibility index (Phi) is 6.96. The topological polar surface area (TPSA) is 97.1 Å². The van der Waals surface area contributed by atoms with E-state index >= 15 is 0 Å². The van der Waals surface area contributed by atoms with E-state index in [2.05, 4.69) is 27.1 Å². The maximum atomic E-state index is 11.7. The van der Waals surface area contributed by atoms with Gasteiger partial charge in [0.25, 0.3) is 0 Å². The van der Waals surface area contributed by atoms with E-state index in [-0.39, 0.29) is 12.3 Å². The smallest absolute Gasteiger partial charge is 0.227 e. The van der Waals surface area contributed by atoms with E-state index in [9.17, 15) is 8.42 Å². The molecule has 0 aromatic carbocycles. The van der Waals surface area contributed by atoms with E-state index in [0.29, 0.717) is 24.6 Å². The summed E-state index contributed by atoms with van der Waals surface area (Å²) in [4.78, 5) is 4.00. The molecule has 1 aromatic rings. The van der Waals surface area contributed by atoms with Crippen LogP contribution in [-0.4, -0.2) is 43.9 Å². The van der Waals surface area contributed by atoms with Crippen LogP contribution in [0.3, 0.4) is 0 Å². The first-order valence-electron chi connectivity index (χ1n) is 6.50. The summed E-state index contributed by atoms with van der Waals surface area (Å²) in [6.45, 7) is 5.72. The first-order chi connectivity index (χ1) is 9.03. The molecular weight excluding hydrogens is 268 g/mol. The van der Waals surface area contributed by atoms with Crippen molar-refractivity contribution in [2.24, 2.45) is 0 Å². The van der Waals surface area contributed by atoms with Crippen LogP contribution in [0.4, 0.5) is 0 Å². The van der Waals surface area contributed by atoms with Gasteiger partial charge in [0.15, 0.2) is 5.82 Å². The molecular formula is C11H22N4O3S. The number of hydrogen-bond donors (Lipinski definition) is 2. The molecule has 8 heteroatoms. The minimum atomic E-state index is -3.21. The quantitative estimate of drug-likeness (QED) is 0.599. The Balaban J connectivity index is 2.16. The van der Waals surface area contributed by atoms with Crippen molar-refractivity contribution in [3.63, 3.8) is 0 Å². The molecule has 0 saturated carbocycles. The zero-order chi connectivity index (χ0) is 14.1. The molecule has 19 heavy (non-hydrogen) atoms. The number of aryl methyl sites for hydroxylation is 1. The number of rotatable bonds is 10. The van der Waals surface area contributed by atoms with Crippen molar-refractivity contribution in [1.82, 2.24) is 20.2 Å². The zero-order valence-corrected chi connectivity index (χ0v) is 12.3. The molecule has 0 aliphatic heterocycles. The minimum Gasteiger partial charge on any atom is -0.339 e. The lowest BCUT2D eigenvalue weighted by Gasteiger charge is -2.06. The van der Waals surface area contributed by atoms with E-state index in [4.69, 9.17) is 4.52 Å². The molecule has 7 nitrogen and oxygen atoms in total. The van der Waals surface area contributed by atoms with Crippen LogP contribution >= 0.6 is 0 Å². The first-order valence-corrected chi connectivity index (χ1v) is 8.16. The molecule has 0 atom stereocenters. The fourth-order valence-corrected chi connectivity index (χ4v) is 2.60. The summed E-state index contributed by atoms with van der Waals surface area (Å²) in [5.41, 5.74) is 0. The van der Waals surface area contributed by atoms with Crippen molar-refractivity contribution in [2.75, 3.05) is 25.4 Å². The lowest BCUT2D eigenvalue weighted by atomic mass is 10.4. The van der Waals surface area contributed by atoms with Gasteiger partial charge in [-0.25, -0.2) is 13.1 Å². The van der Waals surface area contributed by atoms with Crippen LogP contribution < -0.4 is 10.0 Å². The second-order valence-electron chi connectivity index (χ2n) is 4.30. The molecule has 0 saturated heterocycles. The number of aromatic nitrogens is 2.